The first kappa shape index (κ1) is 12.8. The molecule has 4 heteroatoms. The monoisotopic (exact) mass is 267 g/mol. The summed E-state index contributed by atoms with van der Waals surface area (Å²) in [5, 5.41) is 4.84. The first-order valence-electron chi connectivity index (χ1n) is 7.43. The Hall–Kier alpha value is -0.220. The molecule has 3 nitrogen and oxygen atoms in total. The van der Waals surface area contributed by atoms with E-state index >= 15 is 0 Å². The molecule has 0 bridgehead atoms. The van der Waals surface area contributed by atoms with E-state index in [0.29, 0.717) is 6.04 Å². The summed E-state index contributed by atoms with van der Waals surface area (Å²) in [7, 11) is 0. The molecule has 3 saturated heterocycles. The molecule has 18 heavy (non-hydrogen) atoms. The van der Waals surface area contributed by atoms with Gasteiger partial charge in [0.15, 0.2) is 5.17 Å². The summed E-state index contributed by atoms with van der Waals surface area (Å²) in [6, 6.07) is 1.29. The van der Waals surface area contributed by atoms with Crippen molar-refractivity contribution in [1.82, 2.24) is 10.2 Å². The van der Waals surface area contributed by atoms with Gasteiger partial charge in [-0.2, -0.15) is 0 Å². The molecule has 3 heterocycles. The number of amidine groups is 1. The normalized spacial score (nSPS) is 43.1. The van der Waals surface area contributed by atoms with Gasteiger partial charge in [0.25, 0.3) is 0 Å². The van der Waals surface area contributed by atoms with Crippen molar-refractivity contribution in [3.8, 4) is 0 Å². The van der Waals surface area contributed by atoms with Crippen LogP contribution in [0.15, 0.2) is 4.99 Å². The van der Waals surface area contributed by atoms with Crippen LogP contribution >= 0.6 is 11.8 Å². The van der Waals surface area contributed by atoms with Crippen molar-refractivity contribution in [2.24, 2.45) is 4.99 Å². The lowest BCUT2D eigenvalue weighted by Gasteiger charge is -2.31. The summed E-state index contributed by atoms with van der Waals surface area (Å²) in [4.78, 5) is 7.69. The highest BCUT2D eigenvalue weighted by molar-refractivity contribution is 8.14. The average molecular weight is 267 g/mol. The molecule has 3 aliphatic heterocycles. The van der Waals surface area contributed by atoms with Gasteiger partial charge in [0.05, 0.1) is 6.04 Å². The highest BCUT2D eigenvalue weighted by Gasteiger charge is 2.37. The molecule has 0 aromatic heterocycles. The fourth-order valence-corrected chi connectivity index (χ4v) is 4.60. The van der Waals surface area contributed by atoms with Crippen molar-refractivity contribution in [3.63, 3.8) is 0 Å². The first-order valence-corrected chi connectivity index (χ1v) is 8.41. The minimum absolute atomic E-state index is 0.272. The van der Waals surface area contributed by atoms with E-state index in [9.17, 15) is 0 Å². The number of aliphatic imine (C=N–C) groups is 1. The van der Waals surface area contributed by atoms with Crippen LogP contribution in [0.2, 0.25) is 0 Å². The summed E-state index contributed by atoms with van der Waals surface area (Å²) in [5.41, 5.74) is 0.272. The van der Waals surface area contributed by atoms with Gasteiger partial charge in [0.2, 0.25) is 0 Å². The highest BCUT2D eigenvalue weighted by Crippen LogP contribution is 2.31. The zero-order valence-electron chi connectivity index (χ0n) is 11.6. The quantitative estimate of drug-likeness (QED) is 0.833. The molecule has 3 fully saturated rings. The molecule has 3 unspecified atom stereocenters. The van der Waals surface area contributed by atoms with Crippen LogP contribution in [-0.4, -0.2) is 46.5 Å². The molecule has 102 valence electrons. The van der Waals surface area contributed by atoms with Gasteiger partial charge in [-0.3, -0.25) is 9.89 Å². The van der Waals surface area contributed by atoms with Gasteiger partial charge in [-0.05, 0) is 39.2 Å². The van der Waals surface area contributed by atoms with Crippen LogP contribution in [0.4, 0.5) is 0 Å². The smallest absolute Gasteiger partial charge is 0.157 e. The Bertz CT molecular complexity index is 344. The molecule has 0 aromatic rings. The van der Waals surface area contributed by atoms with E-state index in [0.717, 1.165) is 6.04 Å². The maximum atomic E-state index is 5.03. The highest BCUT2D eigenvalue weighted by atomic mass is 32.2. The number of fused-ring (bicyclic) bond motifs is 1. The molecule has 3 rings (SSSR count). The molecule has 0 amide bonds. The second-order valence-corrected chi connectivity index (χ2v) is 7.18. The zero-order chi connectivity index (χ0) is 12.6. The Morgan fingerprint density at radius 2 is 2.28 bits per heavy atom. The van der Waals surface area contributed by atoms with Crippen LogP contribution in [0.25, 0.3) is 0 Å². The van der Waals surface area contributed by atoms with Crippen molar-refractivity contribution in [2.75, 3.05) is 18.8 Å². The number of nitrogens with zero attached hydrogens (tertiary/aromatic N) is 2. The van der Waals surface area contributed by atoms with Crippen LogP contribution in [0.3, 0.4) is 0 Å². The maximum Gasteiger partial charge on any atom is 0.157 e. The van der Waals surface area contributed by atoms with Gasteiger partial charge in [0, 0.05) is 23.9 Å². The predicted octanol–water partition coefficient (Wildman–Crippen LogP) is 2.47. The Balaban J connectivity index is 1.66. The van der Waals surface area contributed by atoms with E-state index < -0.39 is 0 Å². The average Bonchev–Trinajstić information content (AvgIpc) is 2.96. The van der Waals surface area contributed by atoms with E-state index in [2.05, 4.69) is 24.1 Å². The second-order valence-electron chi connectivity index (χ2n) is 6.22. The largest absolute Gasteiger partial charge is 0.359 e. The van der Waals surface area contributed by atoms with E-state index in [1.807, 2.05) is 11.8 Å². The Morgan fingerprint density at radius 1 is 1.39 bits per heavy atom. The van der Waals surface area contributed by atoms with E-state index in [4.69, 9.17) is 4.99 Å². The third kappa shape index (κ3) is 2.42. The van der Waals surface area contributed by atoms with Crippen LogP contribution in [0, 0.1) is 0 Å². The minimum Gasteiger partial charge on any atom is -0.359 e. The Labute approximate surface area is 115 Å². The van der Waals surface area contributed by atoms with E-state index in [1.165, 1.54) is 56.1 Å². The molecule has 0 aromatic carbocycles. The van der Waals surface area contributed by atoms with Gasteiger partial charge >= 0.3 is 0 Å². The number of rotatable bonds is 2. The van der Waals surface area contributed by atoms with Crippen molar-refractivity contribution in [1.29, 1.82) is 0 Å². The number of piperidine rings is 1. The number of hydrogen-bond donors (Lipinski definition) is 1. The molecular weight excluding hydrogens is 242 g/mol. The van der Waals surface area contributed by atoms with Crippen molar-refractivity contribution in [3.05, 3.63) is 0 Å². The Kier molecular flexibility index (Phi) is 3.59. The molecule has 0 spiro atoms. The molecule has 3 aliphatic rings. The number of thioether (sulfide) groups is 1. The number of nitrogens with one attached hydrogen (secondary N) is 1. The lowest BCUT2D eigenvalue weighted by Crippen LogP contribution is -2.41. The standard InChI is InChI=1S/C14H25N3S/c1-3-14(2)10-18-13(16-14)15-11-7-9-17-8-5-4-6-12(11)17/h11-12H,3-10H2,1-2H3,(H,15,16). The van der Waals surface area contributed by atoms with Crippen LogP contribution in [-0.2, 0) is 0 Å². The van der Waals surface area contributed by atoms with Crippen LogP contribution < -0.4 is 5.32 Å². The van der Waals surface area contributed by atoms with Crippen molar-refractivity contribution < 1.29 is 0 Å². The third-order valence-electron chi connectivity index (χ3n) is 4.82. The topological polar surface area (TPSA) is 27.6 Å². The van der Waals surface area contributed by atoms with Gasteiger partial charge in [-0.25, -0.2) is 0 Å². The molecular formula is C14H25N3S. The minimum atomic E-state index is 0.272. The molecule has 0 aliphatic carbocycles. The van der Waals surface area contributed by atoms with Crippen LogP contribution in [0.1, 0.15) is 46.0 Å². The third-order valence-corrected chi connectivity index (χ3v) is 6.08. The summed E-state index contributed by atoms with van der Waals surface area (Å²) >= 11 is 1.92. The van der Waals surface area contributed by atoms with Gasteiger partial charge in [0.1, 0.15) is 0 Å². The zero-order valence-corrected chi connectivity index (χ0v) is 12.4. The molecule has 0 saturated carbocycles. The lowest BCUT2D eigenvalue weighted by molar-refractivity contribution is 0.190. The lowest BCUT2D eigenvalue weighted by atomic mass is 9.99. The molecule has 0 radical (unpaired) electrons. The van der Waals surface area contributed by atoms with Crippen molar-refractivity contribution in [2.45, 2.75) is 63.6 Å². The van der Waals surface area contributed by atoms with Gasteiger partial charge in [-0.1, -0.05) is 25.1 Å². The fraction of sp³-hybridized carbons (Fsp3) is 0.929. The van der Waals surface area contributed by atoms with Crippen molar-refractivity contribution >= 4 is 16.9 Å². The van der Waals surface area contributed by atoms with E-state index in [1.54, 1.807) is 0 Å². The summed E-state index contributed by atoms with van der Waals surface area (Å²) in [6.45, 7) is 7.14. The SMILES string of the molecule is CCC1(C)CSC(=NC2CCN3CCCCC23)N1. The summed E-state index contributed by atoms with van der Waals surface area (Å²) in [6.07, 6.45) is 6.59. The first-order chi connectivity index (χ1) is 8.70. The Morgan fingerprint density at radius 3 is 3.06 bits per heavy atom. The van der Waals surface area contributed by atoms with E-state index in [-0.39, 0.29) is 5.54 Å². The predicted molar refractivity (Wildman–Crippen MR) is 79.3 cm³/mol. The molecule has 1 N–H and O–H groups in total. The summed E-state index contributed by atoms with van der Waals surface area (Å²) < 4.78 is 0. The fourth-order valence-electron chi connectivity index (χ4n) is 3.34. The maximum absolute atomic E-state index is 5.03. The van der Waals surface area contributed by atoms with Gasteiger partial charge < -0.3 is 5.32 Å². The second kappa shape index (κ2) is 5.04. The number of hydrogen-bond acceptors (Lipinski definition) is 3. The van der Waals surface area contributed by atoms with Gasteiger partial charge in [-0.15, -0.1) is 0 Å². The summed E-state index contributed by atoms with van der Waals surface area (Å²) in [5.74, 6) is 1.17. The van der Waals surface area contributed by atoms with Crippen LogP contribution in [0.5, 0.6) is 0 Å². The molecule has 3 atom stereocenters.